The van der Waals surface area contributed by atoms with Crippen molar-refractivity contribution in [3.05, 3.63) is 143 Å². The van der Waals surface area contributed by atoms with Crippen molar-refractivity contribution in [3.63, 3.8) is 0 Å². The summed E-state index contributed by atoms with van der Waals surface area (Å²) in [5, 5.41) is 3.19. The van der Waals surface area contributed by atoms with Crippen LogP contribution in [0.1, 0.15) is 49.6 Å². The van der Waals surface area contributed by atoms with Gasteiger partial charge in [-0.15, -0.1) is 11.8 Å². The van der Waals surface area contributed by atoms with Crippen LogP contribution in [0.15, 0.2) is 109 Å². The molecule has 0 spiro atoms. The van der Waals surface area contributed by atoms with E-state index in [0.29, 0.717) is 17.9 Å². The lowest BCUT2D eigenvalue weighted by Gasteiger charge is -2.24. The molecule has 1 N–H and O–H groups in total. The van der Waals surface area contributed by atoms with Crippen LogP contribution in [0, 0.1) is 6.92 Å². The summed E-state index contributed by atoms with van der Waals surface area (Å²) in [6.45, 7) is 2.73. The molecule has 0 saturated carbocycles. The summed E-state index contributed by atoms with van der Waals surface area (Å²) < 4.78 is 0. The minimum atomic E-state index is -0.245. The Morgan fingerprint density at radius 3 is 2.16 bits per heavy atom. The number of nitrogens with one attached hydrogen (secondary N) is 1. The minimum absolute atomic E-state index is 0.0297. The van der Waals surface area contributed by atoms with E-state index in [1.54, 1.807) is 11.8 Å². The molecule has 1 heterocycles. The summed E-state index contributed by atoms with van der Waals surface area (Å²) in [5.41, 5.74) is 6.11. The Kier molecular flexibility index (Phi) is 7.71. The Morgan fingerprint density at radius 2 is 1.49 bits per heavy atom. The Hall–Kier alpha value is -3.83. The van der Waals surface area contributed by atoms with E-state index in [0.717, 1.165) is 23.1 Å². The van der Waals surface area contributed by atoms with E-state index in [1.807, 2.05) is 77.7 Å². The SMILES string of the molecule is Cc1ccc([C@H](NC(=O)c2ccc([C@H]3SCC(=O)N3CCc3ccccc3)cc2)c2ccccc2)cc1. The quantitative estimate of drug-likeness (QED) is 0.304. The number of carbonyl (C=O) groups is 2. The Balaban J connectivity index is 1.30. The number of amides is 2. The van der Waals surface area contributed by atoms with E-state index < -0.39 is 0 Å². The number of hydrogen-bond acceptors (Lipinski definition) is 3. The van der Waals surface area contributed by atoms with Gasteiger partial charge >= 0.3 is 0 Å². The fourth-order valence-corrected chi connectivity index (χ4v) is 5.86. The lowest BCUT2D eigenvalue weighted by molar-refractivity contribution is -0.128. The number of hydrogen-bond donors (Lipinski definition) is 1. The number of aryl methyl sites for hydroxylation is 1. The Morgan fingerprint density at radius 1 is 0.865 bits per heavy atom. The van der Waals surface area contributed by atoms with E-state index in [9.17, 15) is 9.59 Å². The van der Waals surface area contributed by atoms with Gasteiger partial charge in [-0.1, -0.05) is 103 Å². The van der Waals surface area contributed by atoms with Crippen LogP contribution >= 0.6 is 11.8 Å². The molecular formula is C32H30N2O2S. The van der Waals surface area contributed by atoms with Gasteiger partial charge in [0.25, 0.3) is 5.91 Å². The molecule has 5 rings (SSSR count). The molecule has 1 saturated heterocycles. The standard InChI is InChI=1S/C32H30N2O2S/c1-23-12-14-26(15-13-23)30(25-10-6-3-7-11-25)33-31(36)27-16-18-28(19-17-27)32-34(29(35)22-37-32)21-20-24-8-4-2-5-9-24/h2-19,30,32H,20-22H2,1H3,(H,33,36)/t30-,32-/m1/s1. The second-order valence-corrected chi connectivity index (χ2v) is 10.4. The fraction of sp³-hybridized carbons (Fsp3) is 0.188. The van der Waals surface area contributed by atoms with E-state index in [1.165, 1.54) is 11.1 Å². The van der Waals surface area contributed by atoms with Crippen LogP contribution in [0.4, 0.5) is 0 Å². The number of rotatable bonds is 8. The normalized spacial score (nSPS) is 16.0. The Labute approximate surface area is 222 Å². The molecule has 0 bridgehead atoms. The molecule has 37 heavy (non-hydrogen) atoms. The molecule has 0 radical (unpaired) electrons. The number of nitrogens with zero attached hydrogens (tertiary/aromatic N) is 1. The maximum absolute atomic E-state index is 13.3. The molecule has 1 aliphatic heterocycles. The second kappa shape index (κ2) is 11.5. The first-order valence-electron chi connectivity index (χ1n) is 12.6. The van der Waals surface area contributed by atoms with Gasteiger partial charge < -0.3 is 10.2 Å². The average Bonchev–Trinajstić information content (AvgIpc) is 3.32. The van der Waals surface area contributed by atoms with Gasteiger partial charge in [0, 0.05) is 12.1 Å². The summed E-state index contributed by atoms with van der Waals surface area (Å²) in [6.07, 6.45) is 0.823. The maximum atomic E-state index is 13.3. The molecule has 5 heteroatoms. The zero-order valence-electron chi connectivity index (χ0n) is 20.8. The number of carbonyl (C=O) groups excluding carboxylic acids is 2. The lowest BCUT2D eigenvalue weighted by Crippen LogP contribution is -2.30. The molecular weight excluding hydrogens is 476 g/mol. The van der Waals surface area contributed by atoms with Crippen LogP contribution in [-0.4, -0.2) is 29.0 Å². The average molecular weight is 507 g/mol. The molecule has 1 fully saturated rings. The van der Waals surface area contributed by atoms with Crippen LogP contribution in [-0.2, 0) is 11.2 Å². The first-order valence-corrected chi connectivity index (χ1v) is 13.6. The van der Waals surface area contributed by atoms with Gasteiger partial charge in [-0.2, -0.15) is 0 Å². The van der Waals surface area contributed by atoms with Crippen LogP contribution in [0.2, 0.25) is 0 Å². The molecule has 2 atom stereocenters. The molecule has 0 unspecified atom stereocenters. The maximum Gasteiger partial charge on any atom is 0.252 e. The molecule has 186 valence electrons. The predicted molar refractivity (Wildman–Crippen MR) is 150 cm³/mol. The third-order valence-electron chi connectivity index (χ3n) is 6.73. The van der Waals surface area contributed by atoms with Crippen LogP contribution in [0.3, 0.4) is 0 Å². The monoisotopic (exact) mass is 506 g/mol. The first kappa shape index (κ1) is 24.8. The van der Waals surface area contributed by atoms with Crippen LogP contribution in [0.5, 0.6) is 0 Å². The van der Waals surface area contributed by atoms with E-state index in [4.69, 9.17) is 0 Å². The number of thioether (sulfide) groups is 1. The summed E-state index contributed by atoms with van der Waals surface area (Å²) in [5.74, 6) is 0.519. The van der Waals surface area contributed by atoms with Crippen molar-refractivity contribution < 1.29 is 9.59 Å². The molecule has 0 aromatic heterocycles. The third kappa shape index (κ3) is 5.95. The smallest absolute Gasteiger partial charge is 0.252 e. The summed E-state index contributed by atoms with van der Waals surface area (Å²) in [4.78, 5) is 27.9. The predicted octanol–water partition coefficient (Wildman–Crippen LogP) is 6.33. The highest BCUT2D eigenvalue weighted by Crippen LogP contribution is 2.38. The van der Waals surface area contributed by atoms with Gasteiger partial charge in [-0.3, -0.25) is 9.59 Å². The van der Waals surface area contributed by atoms with E-state index in [2.05, 4.69) is 48.6 Å². The van der Waals surface area contributed by atoms with E-state index in [-0.39, 0.29) is 23.2 Å². The highest BCUT2D eigenvalue weighted by molar-refractivity contribution is 8.00. The van der Waals surface area contributed by atoms with Crippen molar-refractivity contribution in [3.8, 4) is 0 Å². The van der Waals surface area contributed by atoms with Crippen LogP contribution in [0.25, 0.3) is 0 Å². The van der Waals surface area contributed by atoms with Gasteiger partial charge in [-0.25, -0.2) is 0 Å². The van der Waals surface area contributed by atoms with Gasteiger partial charge in [0.15, 0.2) is 0 Å². The molecule has 2 amide bonds. The molecule has 4 nitrogen and oxygen atoms in total. The Bertz CT molecular complexity index is 1340. The summed E-state index contributed by atoms with van der Waals surface area (Å²) >= 11 is 1.64. The summed E-state index contributed by atoms with van der Waals surface area (Å²) in [7, 11) is 0. The van der Waals surface area contributed by atoms with Crippen molar-refractivity contribution in [2.75, 3.05) is 12.3 Å². The van der Waals surface area contributed by atoms with Crippen molar-refractivity contribution >= 4 is 23.6 Å². The zero-order chi connectivity index (χ0) is 25.6. The molecule has 0 aliphatic carbocycles. The fourth-order valence-electron chi connectivity index (χ4n) is 4.64. The largest absolute Gasteiger partial charge is 0.341 e. The van der Waals surface area contributed by atoms with Crippen molar-refractivity contribution in [1.29, 1.82) is 0 Å². The van der Waals surface area contributed by atoms with Crippen molar-refractivity contribution in [2.45, 2.75) is 24.8 Å². The van der Waals surface area contributed by atoms with Gasteiger partial charge in [-0.05, 0) is 47.7 Å². The first-order chi connectivity index (χ1) is 18.1. The van der Waals surface area contributed by atoms with Crippen LogP contribution < -0.4 is 5.32 Å². The molecule has 1 aliphatic rings. The molecule has 4 aromatic rings. The summed E-state index contributed by atoms with van der Waals surface area (Å²) in [6, 6.07) is 36.0. The lowest BCUT2D eigenvalue weighted by atomic mass is 9.97. The number of benzene rings is 4. The second-order valence-electron chi connectivity index (χ2n) is 9.34. The zero-order valence-corrected chi connectivity index (χ0v) is 21.7. The van der Waals surface area contributed by atoms with Crippen molar-refractivity contribution in [2.24, 2.45) is 0 Å². The highest BCUT2D eigenvalue weighted by atomic mass is 32.2. The van der Waals surface area contributed by atoms with Crippen molar-refractivity contribution in [1.82, 2.24) is 10.2 Å². The highest BCUT2D eigenvalue weighted by Gasteiger charge is 2.32. The van der Waals surface area contributed by atoms with Gasteiger partial charge in [0.1, 0.15) is 5.37 Å². The van der Waals surface area contributed by atoms with E-state index >= 15 is 0 Å². The third-order valence-corrected chi connectivity index (χ3v) is 7.99. The van der Waals surface area contributed by atoms with Gasteiger partial charge in [0.05, 0.1) is 11.8 Å². The minimum Gasteiger partial charge on any atom is -0.341 e. The molecule has 4 aromatic carbocycles. The van der Waals surface area contributed by atoms with Gasteiger partial charge in [0.2, 0.25) is 5.91 Å². The topological polar surface area (TPSA) is 49.4 Å².